The highest BCUT2D eigenvalue weighted by atomic mass is 16.5. The third kappa shape index (κ3) is 4.21. The Hall–Kier alpha value is -3.45. The Kier molecular flexibility index (Phi) is 5.33. The largest absolute Gasteiger partial charge is 0.465 e. The number of methoxy groups -OCH3 is 1. The number of rotatable bonds is 5. The zero-order valence-corrected chi connectivity index (χ0v) is 15.0. The fourth-order valence-electron chi connectivity index (χ4n) is 2.52. The van der Waals surface area contributed by atoms with Crippen molar-refractivity contribution < 1.29 is 14.6 Å². The molecule has 0 saturated heterocycles. The van der Waals surface area contributed by atoms with E-state index >= 15 is 0 Å². The quantitative estimate of drug-likeness (QED) is 0.471. The molecular weight excluding hydrogens is 344 g/mol. The van der Waals surface area contributed by atoms with Gasteiger partial charge < -0.3 is 20.9 Å². The van der Waals surface area contributed by atoms with Crippen molar-refractivity contribution in [2.24, 2.45) is 0 Å². The monoisotopic (exact) mass is 364 g/mol. The molecule has 7 nitrogen and oxygen atoms in total. The molecule has 0 aliphatic carbocycles. The number of hydrogen-bond acceptors (Lipinski definition) is 7. The Balaban J connectivity index is 1.81. The minimum Gasteiger partial charge on any atom is -0.465 e. The van der Waals surface area contributed by atoms with Crippen molar-refractivity contribution in [2.45, 2.75) is 13.2 Å². The second kappa shape index (κ2) is 7.84. The van der Waals surface area contributed by atoms with Gasteiger partial charge in [-0.1, -0.05) is 29.8 Å². The first-order chi connectivity index (χ1) is 13.0. The summed E-state index contributed by atoms with van der Waals surface area (Å²) in [5.74, 6) is -0.292. The molecule has 4 N–H and O–H groups in total. The summed E-state index contributed by atoms with van der Waals surface area (Å²) in [5.41, 5.74) is 9.76. The van der Waals surface area contributed by atoms with Crippen LogP contribution in [0.4, 0.5) is 11.5 Å². The van der Waals surface area contributed by atoms with Crippen molar-refractivity contribution in [3.05, 3.63) is 71.5 Å². The molecule has 0 bridgehead atoms. The van der Waals surface area contributed by atoms with E-state index in [4.69, 9.17) is 5.73 Å². The number of esters is 1. The first kappa shape index (κ1) is 18.3. The van der Waals surface area contributed by atoms with Gasteiger partial charge in [0.25, 0.3) is 0 Å². The topological polar surface area (TPSA) is 110 Å². The smallest absolute Gasteiger partial charge is 0.337 e. The van der Waals surface area contributed by atoms with Gasteiger partial charge in [-0.15, -0.1) is 0 Å². The lowest BCUT2D eigenvalue weighted by atomic mass is 10.1. The number of nitrogens with one attached hydrogen (secondary N) is 1. The number of hydrogen-bond donors (Lipinski definition) is 3. The zero-order chi connectivity index (χ0) is 19.4. The average Bonchev–Trinajstić information content (AvgIpc) is 2.69. The first-order valence-electron chi connectivity index (χ1n) is 8.30. The molecule has 2 aromatic carbocycles. The Morgan fingerprint density at radius 3 is 2.44 bits per heavy atom. The SMILES string of the molecule is COC(=O)c1ccc(NC(O)c2nc(-c3ccc(C)cc3)cnc2N)cc1. The summed E-state index contributed by atoms with van der Waals surface area (Å²) in [6.45, 7) is 2.00. The number of aromatic nitrogens is 2. The average molecular weight is 364 g/mol. The molecule has 1 aromatic heterocycles. The second-order valence-electron chi connectivity index (χ2n) is 6.01. The first-order valence-corrected chi connectivity index (χ1v) is 8.30. The number of benzene rings is 2. The van der Waals surface area contributed by atoms with Crippen LogP contribution in [-0.4, -0.2) is 28.2 Å². The second-order valence-corrected chi connectivity index (χ2v) is 6.01. The van der Waals surface area contributed by atoms with E-state index in [-0.39, 0.29) is 11.5 Å². The predicted molar refractivity (Wildman–Crippen MR) is 103 cm³/mol. The molecule has 27 heavy (non-hydrogen) atoms. The van der Waals surface area contributed by atoms with E-state index in [1.807, 2.05) is 31.2 Å². The van der Waals surface area contributed by atoms with Gasteiger partial charge in [-0.3, -0.25) is 0 Å². The molecule has 0 aliphatic heterocycles. The van der Waals surface area contributed by atoms with E-state index in [0.717, 1.165) is 11.1 Å². The van der Waals surface area contributed by atoms with Gasteiger partial charge >= 0.3 is 5.97 Å². The highest BCUT2D eigenvalue weighted by molar-refractivity contribution is 5.89. The van der Waals surface area contributed by atoms with Crippen molar-refractivity contribution in [1.82, 2.24) is 9.97 Å². The molecule has 7 heteroatoms. The third-order valence-electron chi connectivity index (χ3n) is 4.04. The standard InChI is InChI=1S/C20H20N4O3/c1-12-3-5-13(6-4-12)16-11-22-18(21)17(24-16)19(25)23-15-9-7-14(8-10-15)20(26)27-2/h3-11,19,23,25H,1-2H3,(H2,21,22). The van der Waals surface area contributed by atoms with Gasteiger partial charge in [0.2, 0.25) is 0 Å². The predicted octanol–water partition coefficient (Wildman–Crippen LogP) is 2.92. The van der Waals surface area contributed by atoms with Crippen LogP contribution in [0.25, 0.3) is 11.3 Å². The molecule has 0 fully saturated rings. The van der Waals surface area contributed by atoms with Gasteiger partial charge in [0.15, 0.2) is 6.23 Å². The number of nitrogens with zero attached hydrogens (tertiary/aromatic N) is 2. The zero-order valence-electron chi connectivity index (χ0n) is 15.0. The fourth-order valence-corrected chi connectivity index (χ4v) is 2.52. The van der Waals surface area contributed by atoms with Crippen molar-refractivity contribution in [3.63, 3.8) is 0 Å². The number of carbonyl (C=O) groups is 1. The Morgan fingerprint density at radius 2 is 1.81 bits per heavy atom. The molecule has 0 radical (unpaired) electrons. The number of ether oxygens (including phenoxy) is 1. The summed E-state index contributed by atoms with van der Waals surface area (Å²) in [5, 5.41) is 13.4. The highest BCUT2D eigenvalue weighted by Gasteiger charge is 2.16. The number of nitrogens with two attached hydrogens (primary N) is 1. The van der Waals surface area contributed by atoms with E-state index in [9.17, 15) is 9.90 Å². The van der Waals surface area contributed by atoms with Crippen molar-refractivity contribution >= 4 is 17.5 Å². The van der Waals surface area contributed by atoms with Gasteiger partial charge in [0, 0.05) is 11.3 Å². The van der Waals surface area contributed by atoms with Gasteiger partial charge in [-0.05, 0) is 31.2 Å². The number of nitrogen functional groups attached to an aromatic ring is 1. The lowest BCUT2D eigenvalue weighted by molar-refractivity contribution is 0.0601. The van der Waals surface area contributed by atoms with E-state index in [1.54, 1.807) is 30.5 Å². The number of carbonyl (C=O) groups excluding carboxylic acids is 1. The molecule has 1 atom stereocenters. The van der Waals surface area contributed by atoms with Crippen LogP contribution >= 0.6 is 0 Å². The number of aryl methyl sites for hydroxylation is 1. The summed E-state index contributed by atoms with van der Waals surface area (Å²) >= 11 is 0. The highest BCUT2D eigenvalue weighted by Crippen LogP contribution is 2.24. The third-order valence-corrected chi connectivity index (χ3v) is 4.04. The van der Waals surface area contributed by atoms with E-state index in [0.29, 0.717) is 16.9 Å². The maximum Gasteiger partial charge on any atom is 0.337 e. The summed E-state index contributed by atoms with van der Waals surface area (Å²) in [7, 11) is 1.32. The van der Waals surface area contributed by atoms with Gasteiger partial charge in [0.05, 0.1) is 24.6 Å². The Morgan fingerprint density at radius 1 is 1.15 bits per heavy atom. The summed E-state index contributed by atoms with van der Waals surface area (Å²) < 4.78 is 4.66. The van der Waals surface area contributed by atoms with Crippen molar-refractivity contribution in [3.8, 4) is 11.3 Å². The molecule has 1 heterocycles. The minimum absolute atomic E-state index is 0.136. The maximum atomic E-state index is 11.5. The van der Waals surface area contributed by atoms with Crippen LogP contribution in [0, 0.1) is 6.92 Å². The van der Waals surface area contributed by atoms with Crippen LogP contribution in [0.15, 0.2) is 54.7 Å². The van der Waals surface area contributed by atoms with Crippen LogP contribution in [0.1, 0.15) is 27.8 Å². The van der Waals surface area contributed by atoms with Crippen LogP contribution in [0.2, 0.25) is 0 Å². The van der Waals surface area contributed by atoms with Crippen LogP contribution in [-0.2, 0) is 4.74 Å². The Labute approximate surface area is 156 Å². The number of aliphatic hydroxyl groups is 1. The molecule has 0 amide bonds. The fraction of sp³-hybridized carbons (Fsp3) is 0.150. The molecule has 1 unspecified atom stereocenters. The maximum absolute atomic E-state index is 11.5. The number of anilines is 2. The Bertz CT molecular complexity index is 940. The van der Waals surface area contributed by atoms with Gasteiger partial charge in [0.1, 0.15) is 11.5 Å². The summed E-state index contributed by atoms with van der Waals surface area (Å²) in [4.78, 5) is 20.1. The molecule has 0 saturated carbocycles. The molecular formula is C20H20N4O3. The van der Waals surface area contributed by atoms with Crippen molar-refractivity contribution in [1.29, 1.82) is 0 Å². The van der Waals surface area contributed by atoms with E-state index in [2.05, 4.69) is 20.0 Å². The van der Waals surface area contributed by atoms with Gasteiger partial charge in [-0.25, -0.2) is 14.8 Å². The molecule has 3 rings (SSSR count). The van der Waals surface area contributed by atoms with E-state index in [1.165, 1.54) is 7.11 Å². The van der Waals surface area contributed by atoms with Crippen LogP contribution in [0.5, 0.6) is 0 Å². The molecule has 138 valence electrons. The minimum atomic E-state index is -1.16. The molecule has 3 aromatic rings. The lowest BCUT2D eigenvalue weighted by Gasteiger charge is -2.16. The normalized spacial score (nSPS) is 11.7. The summed E-state index contributed by atoms with van der Waals surface area (Å²) in [6.07, 6.45) is 0.411. The summed E-state index contributed by atoms with van der Waals surface area (Å²) in [6, 6.07) is 14.3. The van der Waals surface area contributed by atoms with Crippen LogP contribution in [0.3, 0.4) is 0 Å². The molecule has 0 aliphatic rings. The van der Waals surface area contributed by atoms with Crippen LogP contribution < -0.4 is 11.1 Å². The van der Waals surface area contributed by atoms with Crippen molar-refractivity contribution in [2.75, 3.05) is 18.2 Å². The number of aliphatic hydroxyl groups excluding tert-OH is 1. The molecule has 0 spiro atoms. The van der Waals surface area contributed by atoms with E-state index < -0.39 is 12.2 Å². The van der Waals surface area contributed by atoms with Gasteiger partial charge in [-0.2, -0.15) is 0 Å². The lowest BCUT2D eigenvalue weighted by Crippen LogP contribution is -2.15.